The second kappa shape index (κ2) is 12.2. The number of carbonyl (C=O) groups excluding carboxylic acids is 1. The first kappa shape index (κ1) is 22.1. The average molecular weight is 418 g/mol. The summed E-state index contributed by atoms with van der Waals surface area (Å²) in [5, 5.41) is 0. The van der Waals surface area contributed by atoms with Crippen molar-refractivity contribution in [3.8, 4) is 5.75 Å². The van der Waals surface area contributed by atoms with Crippen LogP contribution in [0, 0.1) is 0 Å². The molecule has 31 heavy (non-hydrogen) atoms. The number of ether oxygens (including phenoxy) is 4. The fourth-order valence-corrected chi connectivity index (χ4v) is 2.74. The Labute approximate surface area is 182 Å². The van der Waals surface area contributed by atoms with Crippen molar-refractivity contribution in [2.24, 2.45) is 0 Å². The molecule has 0 saturated heterocycles. The van der Waals surface area contributed by atoms with Crippen molar-refractivity contribution in [1.82, 2.24) is 0 Å². The molecule has 0 radical (unpaired) electrons. The summed E-state index contributed by atoms with van der Waals surface area (Å²) >= 11 is 0. The van der Waals surface area contributed by atoms with Gasteiger partial charge in [-0.2, -0.15) is 0 Å². The molecule has 3 aromatic rings. The molecule has 0 bridgehead atoms. The second-order valence-corrected chi connectivity index (χ2v) is 6.75. The molecule has 0 amide bonds. The molecule has 0 N–H and O–H groups in total. The van der Waals surface area contributed by atoms with E-state index < -0.39 is 5.97 Å². The van der Waals surface area contributed by atoms with Gasteiger partial charge in [-0.1, -0.05) is 72.8 Å². The molecular formula is C26H26O5. The van der Waals surface area contributed by atoms with Crippen LogP contribution in [0.25, 0.3) is 6.08 Å². The zero-order valence-corrected chi connectivity index (χ0v) is 17.5. The summed E-state index contributed by atoms with van der Waals surface area (Å²) in [5.41, 5.74) is 2.81. The van der Waals surface area contributed by atoms with Gasteiger partial charge in [-0.3, -0.25) is 0 Å². The van der Waals surface area contributed by atoms with Gasteiger partial charge in [-0.25, -0.2) is 4.79 Å². The summed E-state index contributed by atoms with van der Waals surface area (Å²) in [4.78, 5) is 12.6. The molecule has 0 fully saturated rings. The van der Waals surface area contributed by atoms with Crippen molar-refractivity contribution in [2.45, 2.75) is 13.2 Å². The predicted molar refractivity (Wildman–Crippen MR) is 119 cm³/mol. The van der Waals surface area contributed by atoms with Crippen molar-refractivity contribution in [1.29, 1.82) is 0 Å². The highest BCUT2D eigenvalue weighted by Gasteiger charge is 2.13. The van der Waals surface area contributed by atoms with Crippen LogP contribution >= 0.6 is 0 Å². The summed E-state index contributed by atoms with van der Waals surface area (Å²) in [6.45, 7) is 1.29. The van der Waals surface area contributed by atoms with E-state index in [1.807, 2.05) is 84.9 Å². The number of benzene rings is 3. The van der Waals surface area contributed by atoms with E-state index in [2.05, 4.69) is 0 Å². The van der Waals surface area contributed by atoms with Gasteiger partial charge in [-0.05, 0) is 34.9 Å². The molecule has 0 aliphatic carbocycles. The van der Waals surface area contributed by atoms with E-state index in [0.717, 1.165) is 22.4 Å². The van der Waals surface area contributed by atoms with Gasteiger partial charge in [0.1, 0.15) is 25.6 Å². The smallest absolute Gasteiger partial charge is 0.373 e. The predicted octanol–water partition coefficient (Wildman–Crippen LogP) is 5.01. The third kappa shape index (κ3) is 7.64. The number of hydrogen-bond acceptors (Lipinski definition) is 5. The third-order valence-corrected chi connectivity index (χ3v) is 4.39. The van der Waals surface area contributed by atoms with Crippen LogP contribution < -0.4 is 4.74 Å². The SMILES string of the molecule is COCCOC(=Cc1ccc(OCc2ccccc2)cc1)C(=O)OCc1ccccc1. The van der Waals surface area contributed by atoms with E-state index in [-0.39, 0.29) is 19.0 Å². The van der Waals surface area contributed by atoms with Gasteiger partial charge in [0.15, 0.2) is 0 Å². The van der Waals surface area contributed by atoms with Crippen molar-refractivity contribution in [2.75, 3.05) is 20.3 Å². The molecule has 5 nitrogen and oxygen atoms in total. The molecule has 0 aromatic heterocycles. The van der Waals surface area contributed by atoms with Crippen LogP contribution in [0.2, 0.25) is 0 Å². The quantitative estimate of drug-likeness (QED) is 0.190. The van der Waals surface area contributed by atoms with Crippen LogP contribution in [0.15, 0.2) is 90.7 Å². The van der Waals surface area contributed by atoms with Crippen molar-refractivity contribution < 1.29 is 23.7 Å². The number of carbonyl (C=O) groups is 1. The van der Waals surface area contributed by atoms with E-state index in [9.17, 15) is 4.79 Å². The fourth-order valence-electron chi connectivity index (χ4n) is 2.74. The minimum Gasteiger partial charge on any atom is -0.489 e. The Balaban J connectivity index is 1.63. The molecule has 5 heteroatoms. The molecule has 0 heterocycles. The maximum Gasteiger partial charge on any atom is 0.373 e. The fraction of sp³-hybridized carbons (Fsp3) is 0.192. The van der Waals surface area contributed by atoms with Gasteiger partial charge >= 0.3 is 5.97 Å². The lowest BCUT2D eigenvalue weighted by Gasteiger charge is -2.11. The van der Waals surface area contributed by atoms with Gasteiger partial charge < -0.3 is 18.9 Å². The highest BCUT2D eigenvalue weighted by Crippen LogP contribution is 2.17. The van der Waals surface area contributed by atoms with Gasteiger partial charge in [0.2, 0.25) is 5.76 Å². The topological polar surface area (TPSA) is 54.0 Å². The Morgan fingerprint density at radius 3 is 1.97 bits per heavy atom. The van der Waals surface area contributed by atoms with Crippen LogP contribution in [0.4, 0.5) is 0 Å². The van der Waals surface area contributed by atoms with Gasteiger partial charge in [0.25, 0.3) is 0 Å². The Hall–Kier alpha value is -3.57. The summed E-state index contributed by atoms with van der Waals surface area (Å²) in [5.74, 6) is 0.352. The van der Waals surface area contributed by atoms with Crippen LogP contribution in [-0.2, 0) is 32.2 Å². The maximum atomic E-state index is 12.6. The van der Waals surface area contributed by atoms with Gasteiger partial charge in [-0.15, -0.1) is 0 Å². The molecule has 0 saturated carbocycles. The van der Waals surface area contributed by atoms with Crippen molar-refractivity contribution in [3.63, 3.8) is 0 Å². The van der Waals surface area contributed by atoms with E-state index in [4.69, 9.17) is 18.9 Å². The number of methoxy groups -OCH3 is 1. The monoisotopic (exact) mass is 418 g/mol. The van der Waals surface area contributed by atoms with Gasteiger partial charge in [0.05, 0.1) is 6.61 Å². The van der Waals surface area contributed by atoms with E-state index in [1.54, 1.807) is 13.2 Å². The normalized spacial score (nSPS) is 11.1. The zero-order chi connectivity index (χ0) is 21.7. The van der Waals surface area contributed by atoms with E-state index in [0.29, 0.717) is 13.2 Å². The number of rotatable bonds is 11. The van der Waals surface area contributed by atoms with Crippen LogP contribution in [0.1, 0.15) is 16.7 Å². The molecule has 160 valence electrons. The highest BCUT2D eigenvalue weighted by molar-refractivity contribution is 5.91. The standard InChI is InChI=1S/C26H26O5/c1-28-16-17-29-25(26(27)31-20-23-10-6-3-7-11-23)18-21-12-14-24(15-13-21)30-19-22-8-4-2-5-9-22/h2-15,18H,16-17,19-20H2,1H3. The Morgan fingerprint density at radius 2 is 1.35 bits per heavy atom. The Kier molecular flexibility index (Phi) is 8.71. The average Bonchev–Trinajstić information content (AvgIpc) is 2.83. The largest absolute Gasteiger partial charge is 0.489 e. The summed E-state index contributed by atoms with van der Waals surface area (Å²) in [7, 11) is 1.58. The lowest BCUT2D eigenvalue weighted by molar-refractivity contribution is -0.144. The minimum atomic E-state index is -0.524. The Bertz CT molecular complexity index is 950. The van der Waals surface area contributed by atoms with Crippen LogP contribution in [-0.4, -0.2) is 26.3 Å². The first-order chi connectivity index (χ1) is 15.2. The van der Waals surface area contributed by atoms with E-state index >= 15 is 0 Å². The zero-order valence-electron chi connectivity index (χ0n) is 17.5. The van der Waals surface area contributed by atoms with Gasteiger partial charge in [0, 0.05) is 7.11 Å². The summed E-state index contributed by atoms with van der Waals surface area (Å²) in [6.07, 6.45) is 1.66. The van der Waals surface area contributed by atoms with Crippen molar-refractivity contribution >= 4 is 12.0 Å². The van der Waals surface area contributed by atoms with Crippen molar-refractivity contribution in [3.05, 3.63) is 107 Å². The Morgan fingerprint density at radius 1 is 0.742 bits per heavy atom. The molecule has 3 rings (SSSR count). The lowest BCUT2D eigenvalue weighted by Crippen LogP contribution is -2.13. The third-order valence-electron chi connectivity index (χ3n) is 4.39. The minimum absolute atomic E-state index is 0.130. The second-order valence-electron chi connectivity index (χ2n) is 6.75. The first-order valence-electron chi connectivity index (χ1n) is 10.1. The summed E-state index contributed by atoms with van der Waals surface area (Å²) < 4.78 is 21.8. The van der Waals surface area contributed by atoms with Crippen LogP contribution in [0.3, 0.4) is 0 Å². The van der Waals surface area contributed by atoms with E-state index in [1.165, 1.54) is 0 Å². The maximum absolute atomic E-state index is 12.6. The highest BCUT2D eigenvalue weighted by atomic mass is 16.6. The molecule has 0 aliphatic heterocycles. The molecule has 0 spiro atoms. The first-order valence-corrected chi connectivity index (χ1v) is 10.1. The van der Waals surface area contributed by atoms with Crippen LogP contribution in [0.5, 0.6) is 5.75 Å². The lowest BCUT2D eigenvalue weighted by atomic mass is 10.2. The summed E-state index contributed by atoms with van der Waals surface area (Å²) in [6, 6.07) is 26.9. The molecular weight excluding hydrogens is 392 g/mol. The molecule has 0 unspecified atom stereocenters. The molecule has 0 aliphatic rings. The number of hydrogen-bond donors (Lipinski definition) is 0. The number of esters is 1. The molecule has 0 atom stereocenters. The molecule has 3 aromatic carbocycles.